The third-order valence-corrected chi connectivity index (χ3v) is 3.80. The second kappa shape index (κ2) is 6.19. The van der Waals surface area contributed by atoms with E-state index in [0.29, 0.717) is 13.0 Å². The van der Waals surface area contributed by atoms with E-state index in [1.165, 1.54) is 5.56 Å². The van der Waals surface area contributed by atoms with Crippen molar-refractivity contribution in [1.82, 2.24) is 0 Å². The average Bonchev–Trinajstić information content (AvgIpc) is 2.95. The fraction of sp³-hybridized carbons (Fsp3) is 0.333. The first-order chi connectivity index (χ1) is 10.3. The van der Waals surface area contributed by atoms with E-state index < -0.39 is 6.10 Å². The summed E-state index contributed by atoms with van der Waals surface area (Å²) >= 11 is 0. The van der Waals surface area contributed by atoms with Crippen LogP contribution < -0.4 is 9.47 Å². The maximum atomic E-state index is 9.76. The minimum Gasteiger partial charge on any atom is -0.490 e. The second-order valence-electron chi connectivity index (χ2n) is 5.36. The van der Waals surface area contributed by atoms with Gasteiger partial charge in [0, 0.05) is 6.42 Å². The standard InChI is InChI=1S/C18H20O3/c1-2-17(19)13-7-9-15(10-8-13)20-12-16-11-14-5-3-4-6-18(14)21-16/h3-10,16-17,19H,2,11-12H2,1H3/t16?,17-/m0/s1. The highest BCUT2D eigenvalue weighted by molar-refractivity contribution is 5.37. The highest BCUT2D eigenvalue weighted by atomic mass is 16.5. The molecule has 2 aromatic carbocycles. The quantitative estimate of drug-likeness (QED) is 0.913. The molecule has 0 bridgehead atoms. The molecule has 1 N–H and O–H groups in total. The van der Waals surface area contributed by atoms with Gasteiger partial charge < -0.3 is 14.6 Å². The van der Waals surface area contributed by atoms with E-state index in [9.17, 15) is 5.11 Å². The average molecular weight is 284 g/mol. The molecule has 1 aliphatic rings. The van der Waals surface area contributed by atoms with Crippen molar-refractivity contribution >= 4 is 0 Å². The number of rotatable bonds is 5. The van der Waals surface area contributed by atoms with Crippen LogP contribution in [0.4, 0.5) is 0 Å². The summed E-state index contributed by atoms with van der Waals surface area (Å²) < 4.78 is 11.6. The molecule has 0 fully saturated rings. The normalized spacial score (nSPS) is 17.9. The number of benzene rings is 2. The number of aliphatic hydroxyl groups is 1. The first-order valence-corrected chi connectivity index (χ1v) is 7.41. The lowest BCUT2D eigenvalue weighted by Crippen LogP contribution is -2.22. The Morgan fingerprint density at radius 1 is 1.19 bits per heavy atom. The molecular formula is C18H20O3. The molecule has 0 saturated carbocycles. The van der Waals surface area contributed by atoms with E-state index in [1.807, 2.05) is 49.4 Å². The highest BCUT2D eigenvalue weighted by Gasteiger charge is 2.22. The summed E-state index contributed by atoms with van der Waals surface area (Å²) in [6, 6.07) is 15.7. The Labute approximate surface area is 125 Å². The summed E-state index contributed by atoms with van der Waals surface area (Å²) in [4.78, 5) is 0. The maximum absolute atomic E-state index is 9.76. The summed E-state index contributed by atoms with van der Waals surface area (Å²) in [5.74, 6) is 1.77. The van der Waals surface area contributed by atoms with Gasteiger partial charge in [0.2, 0.25) is 0 Å². The van der Waals surface area contributed by atoms with Crippen molar-refractivity contribution < 1.29 is 14.6 Å². The topological polar surface area (TPSA) is 38.7 Å². The number of ether oxygens (including phenoxy) is 2. The van der Waals surface area contributed by atoms with Crippen LogP contribution in [0.3, 0.4) is 0 Å². The third-order valence-electron chi connectivity index (χ3n) is 3.80. The molecule has 3 rings (SSSR count). The molecule has 1 unspecified atom stereocenters. The van der Waals surface area contributed by atoms with Crippen molar-refractivity contribution in [3.05, 3.63) is 59.7 Å². The second-order valence-corrected chi connectivity index (χ2v) is 5.36. The molecule has 3 heteroatoms. The molecule has 0 aromatic heterocycles. The summed E-state index contributed by atoms with van der Waals surface area (Å²) in [6.07, 6.45) is 1.28. The Hall–Kier alpha value is -2.00. The van der Waals surface area contributed by atoms with E-state index in [0.717, 1.165) is 23.5 Å². The Balaban J connectivity index is 1.55. The van der Waals surface area contributed by atoms with Crippen molar-refractivity contribution in [2.45, 2.75) is 32.0 Å². The van der Waals surface area contributed by atoms with E-state index in [2.05, 4.69) is 6.07 Å². The first kappa shape index (κ1) is 14.0. The fourth-order valence-corrected chi connectivity index (χ4v) is 2.56. The van der Waals surface area contributed by atoms with Crippen molar-refractivity contribution in [3.63, 3.8) is 0 Å². The van der Waals surface area contributed by atoms with Gasteiger partial charge in [-0.3, -0.25) is 0 Å². The minimum absolute atomic E-state index is 0.0725. The molecular weight excluding hydrogens is 264 g/mol. The van der Waals surface area contributed by atoms with Crippen molar-refractivity contribution in [2.75, 3.05) is 6.61 Å². The van der Waals surface area contributed by atoms with E-state index in [-0.39, 0.29) is 6.10 Å². The van der Waals surface area contributed by atoms with E-state index in [1.54, 1.807) is 0 Å². The van der Waals surface area contributed by atoms with Gasteiger partial charge in [-0.2, -0.15) is 0 Å². The van der Waals surface area contributed by atoms with Crippen LogP contribution in [0.15, 0.2) is 48.5 Å². The lowest BCUT2D eigenvalue weighted by molar-refractivity contribution is 0.148. The van der Waals surface area contributed by atoms with E-state index in [4.69, 9.17) is 9.47 Å². The van der Waals surface area contributed by atoms with Gasteiger partial charge in [-0.25, -0.2) is 0 Å². The summed E-state index contributed by atoms with van der Waals surface area (Å²) in [7, 11) is 0. The highest BCUT2D eigenvalue weighted by Crippen LogP contribution is 2.28. The number of para-hydroxylation sites is 1. The van der Waals surface area contributed by atoms with Gasteiger partial charge in [0.25, 0.3) is 0 Å². The molecule has 2 aromatic rings. The van der Waals surface area contributed by atoms with Gasteiger partial charge >= 0.3 is 0 Å². The Morgan fingerprint density at radius 2 is 1.95 bits per heavy atom. The zero-order chi connectivity index (χ0) is 14.7. The molecule has 0 spiro atoms. The molecule has 3 nitrogen and oxygen atoms in total. The predicted molar refractivity (Wildman–Crippen MR) is 81.7 cm³/mol. The van der Waals surface area contributed by atoms with Gasteiger partial charge in [0.15, 0.2) is 0 Å². The summed E-state index contributed by atoms with van der Waals surface area (Å²) in [5, 5.41) is 9.76. The van der Waals surface area contributed by atoms with Gasteiger partial charge in [0.05, 0.1) is 6.10 Å². The molecule has 0 aliphatic carbocycles. The Kier molecular flexibility index (Phi) is 4.11. The summed E-state index contributed by atoms with van der Waals surface area (Å²) in [6.45, 7) is 2.49. The Morgan fingerprint density at radius 3 is 2.67 bits per heavy atom. The molecule has 21 heavy (non-hydrogen) atoms. The van der Waals surface area contributed by atoms with Gasteiger partial charge in [0.1, 0.15) is 24.2 Å². The SMILES string of the molecule is CC[C@H](O)c1ccc(OCC2Cc3ccccc3O2)cc1. The monoisotopic (exact) mass is 284 g/mol. The predicted octanol–water partition coefficient (Wildman–Crippen LogP) is 3.51. The largest absolute Gasteiger partial charge is 0.490 e. The Bertz CT molecular complexity index is 567. The molecule has 110 valence electrons. The van der Waals surface area contributed by atoms with Gasteiger partial charge in [-0.05, 0) is 35.7 Å². The molecule has 2 atom stereocenters. The lowest BCUT2D eigenvalue weighted by Gasteiger charge is -2.13. The smallest absolute Gasteiger partial charge is 0.137 e. The molecule has 0 radical (unpaired) electrons. The maximum Gasteiger partial charge on any atom is 0.137 e. The molecule has 1 heterocycles. The van der Waals surface area contributed by atoms with Crippen LogP contribution in [-0.4, -0.2) is 17.8 Å². The van der Waals surface area contributed by atoms with E-state index >= 15 is 0 Å². The fourth-order valence-electron chi connectivity index (χ4n) is 2.56. The molecule has 0 saturated heterocycles. The minimum atomic E-state index is -0.397. The van der Waals surface area contributed by atoms with Crippen LogP contribution in [0, 0.1) is 0 Å². The number of fused-ring (bicyclic) bond motifs is 1. The van der Waals surface area contributed by atoms with Crippen molar-refractivity contribution in [2.24, 2.45) is 0 Å². The molecule has 0 amide bonds. The van der Waals surface area contributed by atoms with Crippen LogP contribution >= 0.6 is 0 Å². The zero-order valence-corrected chi connectivity index (χ0v) is 12.2. The zero-order valence-electron chi connectivity index (χ0n) is 12.2. The molecule has 1 aliphatic heterocycles. The van der Waals surface area contributed by atoms with Crippen LogP contribution in [-0.2, 0) is 6.42 Å². The lowest BCUT2D eigenvalue weighted by atomic mass is 10.1. The van der Waals surface area contributed by atoms with Crippen LogP contribution in [0.2, 0.25) is 0 Å². The van der Waals surface area contributed by atoms with Crippen LogP contribution in [0.5, 0.6) is 11.5 Å². The number of aliphatic hydroxyl groups excluding tert-OH is 1. The third kappa shape index (κ3) is 3.19. The first-order valence-electron chi connectivity index (χ1n) is 7.41. The van der Waals surface area contributed by atoms with Crippen molar-refractivity contribution in [3.8, 4) is 11.5 Å². The number of hydrogen-bond donors (Lipinski definition) is 1. The summed E-state index contributed by atoms with van der Waals surface area (Å²) in [5.41, 5.74) is 2.17. The van der Waals surface area contributed by atoms with Gasteiger partial charge in [-0.1, -0.05) is 37.3 Å². The van der Waals surface area contributed by atoms with Crippen molar-refractivity contribution in [1.29, 1.82) is 0 Å². The van der Waals surface area contributed by atoms with Gasteiger partial charge in [-0.15, -0.1) is 0 Å². The number of hydrogen-bond acceptors (Lipinski definition) is 3. The van der Waals surface area contributed by atoms with Crippen LogP contribution in [0.1, 0.15) is 30.6 Å². The van der Waals surface area contributed by atoms with Crippen LogP contribution in [0.25, 0.3) is 0 Å².